The van der Waals surface area contributed by atoms with Crippen molar-refractivity contribution in [3.05, 3.63) is 35.9 Å². The second-order valence-electron chi connectivity index (χ2n) is 17.4. The lowest BCUT2D eigenvalue weighted by Gasteiger charge is -2.47. The van der Waals surface area contributed by atoms with Gasteiger partial charge in [-0.2, -0.15) is 0 Å². The Hall–Kier alpha value is -2.73. The molecular formula is C49H87N3O8. The van der Waals surface area contributed by atoms with Crippen molar-refractivity contribution in [1.82, 2.24) is 15.5 Å². The summed E-state index contributed by atoms with van der Waals surface area (Å²) in [5.41, 5.74) is 0.796. The van der Waals surface area contributed by atoms with Gasteiger partial charge in [-0.3, -0.25) is 9.59 Å². The Labute approximate surface area is 364 Å². The van der Waals surface area contributed by atoms with Crippen LogP contribution in [0.2, 0.25) is 0 Å². The summed E-state index contributed by atoms with van der Waals surface area (Å²) in [7, 11) is 0. The second kappa shape index (κ2) is 34.8. The predicted octanol–water partition coefficient (Wildman–Crippen LogP) is 10.0. The Balaban J connectivity index is 1.96. The zero-order chi connectivity index (χ0) is 43.6. The van der Waals surface area contributed by atoms with Crippen LogP contribution >= 0.6 is 0 Å². The molecule has 0 aromatic heterocycles. The fourth-order valence-corrected chi connectivity index (χ4v) is 8.12. The minimum atomic E-state index is -1.54. The average Bonchev–Trinajstić information content (AvgIpc) is 3.25. The van der Waals surface area contributed by atoms with Gasteiger partial charge >= 0.3 is 6.09 Å². The van der Waals surface area contributed by atoms with E-state index in [2.05, 4.69) is 24.5 Å². The van der Waals surface area contributed by atoms with Crippen LogP contribution in [0, 0.1) is 0 Å². The Kier molecular flexibility index (Phi) is 31.0. The van der Waals surface area contributed by atoms with Gasteiger partial charge in [-0.1, -0.05) is 205 Å². The van der Waals surface area contributed by atoms with E-state index in [1.807, 2.05) is 30.3 Å². The smallest absolute Gasteiger partial charge is 0.408 e. The minimum absolute atomic E-state index is 0.0303. The zero-order valence-electron chi connectivity index (χ0n) is 38.1. The molecule has 1 aliphatic rings. The Bertz CT molecular complexity index is 1220. The van der Waals surface area contributed by atoms with Crippen LogP contribution in [0.4, 0.5) is 4.79 Å². The lowest BCUT2D eigenvalue weighted by molar-refractivity contribution is -0.231. The largest absolute Gasteiger partial charge is 0.445 e. The third-order valence-electron chi connectivity index (χ3n) is 12.0. The van der Waals surface area contributed by atoms with Gasteiger partial charge in [-0.15, -0.1) is 0 Å². The summed E-state index contributed by atoms with van der Waals surface area (Å²) in [6.45, 7) is 5.80. The summed E-state index contributed by atoms with van der Waals surface area (Å²) in [5, 5.41) is 37.6. The highest BCUT2D eigenvalue weighted by molar-refractivity contribution is 5.85. The fraction of sp³-hybridized carbons (Fsp3) is 0.816. The Morgan fingerprint density at radius 1 is 0.667 bits per heavy atom. The molecule has 6 atom stereocenters. The standard InChI is InChI=1S/C49H87N3O8/c1-4-6-8-10-12-14-16-17-18-19-20-22-24-26-28-33-37-52(43(54)36-32-27-25-23-21-15-13-11-9-7-5-2)48-44(46(56)45(55)42(38-53)60-48)51-47(57)40(3)50-49(58)59-39-41-34-30-29-31-35-41/h29-31,34-35,40,42,44-46,48,53,55-56H,4-28,32-33,36-39H2,1-3H3,(H,50,58)(H,51,57)/t40-,42-,44-,45-,46-,48-/m1/s1. The molecule has 5 N–H and O–H groups in total. The molecule has 3 amide bonds. The molecule has 0 bridgehead atoms. The van der Waals surface area contributed by atoms with Crippen molar-refractivity contribution in [1.29, 1.82) is 0 Å². The number of hydrogen-bond acceptors (Lipinski definition) is 8. The van der Waals surface area contributed by atoms with E-state index in [-0.39, 0.29) is 12.5 Å². The number of hydrogen-bond donors (Lipinski definition) is 5. The van der Waals surface area contributed by atoms with Gasteiger partial charge in [0, 0.05) is 13.0 Å². The van der Waals surface area contributed by atoms with Crippen LogP contribution in [0.15, 0.2) is 30.3 Å². The molecule has 346 valence electrons. The molecule has 0 aliphatic carbocycles. The molecule has 0 unspecified atom stereocenters. The number of unbranched alkanes of at least 4 members (excludes halogenated alkanes) is 25. The van der Waals surface area contributed by atoms with Crippen molar-refractivity contribution in [2.24, 2.45) is 0 Å². The quantitative estimate of drug-likeness (QED) is 0.0418. The topological polar surface area (TPSA) is 158 Å². The third-order valence-corrected chi connectivity index (χ3v) is 12.0. The van der Waals surface area contributed by atoms with E-state index >= 15 is 0 Å². The molecule has 2 rings (SSSR count). The molecule has 11 nitrogen and oxygen atoms in total. The van der Waals surface area contributed by atoms with Gasteiger partial charge in [0.2, 0.25) is 11.8 Å². The molecule has 1 aromatic rings. The van der Waals surface area contributed by atoms with Gasteiger partial charge in [0.15, 0.2) is 6.23 Å². The van der Waals surface area contributed by atoms with E-state index in [0.717, 1.165) is 56.9 Å². The van der Waals surface area contributed by atoms with Gasteiger partial charge in [0.25, 0.3) is 0 Å². The highest BCUT2D eigenvalue weighted by Gasteiger charge is 2.48. The van der Waals surface area contributed by atoms with Crippen LogP contribution in [0.25, 0.3) is 0 Å². The van der Waals surface area contributed by atoms with Crippen molar-refractivity contribution in [2.75, 3.05) is 13.2 Å². The molecule has 1 heterocycles. The van der Waals surface area contributed by atoms with Crippen molar-refractivity contribution < 1.29 is 39.2 Å². The van der Waals surface area contributed by atoms with Gasteiger partial charge in [0.1, 0.15) is 37.0 Å². The molecule has 1 saturated heterocycles. The Morgan fingerprint density at radius 3 is 1.58 bits per heavy atom. The van der Waals surface area contributed by atoms with Gasteiger partial charge in [-0.05, 0) is 25.3 Å². The van der Waals surface area contributed by atoms with Gasteiger partial charge in [0.05, 0.1) is 6.61 Å². The lowest BCUT2D eigenvalue weighted by Crippen LogP contribution is -2.69. The first kappa shape index (κ1) is 53.4. The zero-order valence-corrected chi connectivity index (χ0v) is 38.1. The number of nitrogens with zero attached hydrogens (tertiary/aromatic N) is 1. The second-order valence-corrected chi connectivity index (χ2v) is 17.4. The Morgan fingerprint density at radius 2 is 1.12 bits per heavy atom. The number of amides is 3. The van der Waals surface area contributed by atoms with E-state index < -0.39 is 55.2 Å². The summed E-state index contributed by atoms with van der Waals surface area (Å²) in [5.74, 6) is -0.786. The van der Waals surface area contributed by atoms with Crippen LogP contribution in [0.3, 0.4) is 0 Å². The van der Waals surface area contributed by atoms with E-state index in [0.29, 0.717) is 13.0 Å². The summed E-state index contributed by atoms with van der Waals surface area (Å²) in [6.07, 6.45) is 26.7. The van der Waals surface area contributed by atoms with Crippen molar-refractivity contribution in [3.63, 3.8) is 0 Å². The molecule has 0 spiro atoms. The third kappa shape index (κ3) is 23.5. The van der Waals surface area contributed by atoms with E-state index in [4.69, 9.17) is 9.47 Å². The minimum Gasteiger partial charge on any atom is -0.445 e. The summed E-state index contributed by atoms with van der Waals surface area (Å²) in [4.78, 5) is 41.7. The van der Waals surface area contributed by atoms with E-state index in [9.17, 15) is 29.7 Å². The molecule has 1 fully saturated rings. The number of carbonyl (C=O) groups excluding carboxylic acids is 3. The fourth-order valence-electron chi connectivity index (χ4n) is 8.12. The number of aliphatic hydroxyl groups excluding tert-OH is 3. The monoisotopic (exact) mass is 846 g/mol. The number of carbonyl (C=O) groups is 3. The summed E-state index contributed by atoms with van der Waals surface area (Å²) < 4.78 is 11.5. The van der Waals surface area contributed by atoms with Crippen LogP contribution in [0.5, 0.6) is 0 Å². The van der Waals surface area contributed by atoms with Crippen LogP contribution in [-0.2, 0) is 25.7 Å². The number of aliphatic hydroxyl groups is 3. The number of benzene rings is 1. The molecular weight excluding hydrogens is 759 g/mol. The maximum atomic E-state index is 14.0. The highest BCUT2D eigenvalue weighted by Crippen LogP contribution is 2.26. The number of ether oxygens (including phenoxy) is 2. The first-order valence-electron chi connectivity index (χ1n) is 24.4. The first-order chi connectivity index (χ1) is 29.2. The molecule has 1 aromatic carbocycles. The highest BCUT2D eigenvalue weighted by atomic mass is 16.6. The maximum Gasteiger partial charge on any atom is 0.408 e. The molecule has 0 radical (unpaired) electrons. The number of rotatable bonds is 36. The van der Waals surface area contributed by atoms with Crippen molar-refractivity contribution in [3.8, 4) is 0 Å². The average molecular weight is 846 g/mol. The predicted molar refractivity (Wildman–Crippen MR) is 241 cm³/mol. The summed E-state index contributed by atoms with van der Waals surface area (Å²) >= 11 is 0. The first-order valence-corrected chi connectivity index (χ1v) is 24.4. The molecule has 0 saturated carbocycles. The van der Waals surface area contributed by atoms with Crippen molar-refractivity contribution in [2.45, 2.75) is 244 Å². The van der Waals surface area contributed by atoms with Gasteiger partial charge < -0.3 is 40.3 Å². The van der Waals surface area contributed by atoms with Crippen molar-refractivity contribution >= 4 is 17.9 Å². The van der Waals surface area contributed by atoms with Gasteiger partial charge in [-0.25, -0.2) is 4.79 Å². The van der Waals surface area contributed by atoms with E-state index in [1.54, 1.807) is 4.90 Å². The maximum absolute atomic E-state index is 14.0. The summed E-state index contributed by atoms with van der Waals surface area (Å²) in [6, 6.07) is 6.91. The van der Waals surface area contributed by atoms with Crippen LogP contribution in [-0.4, -0.2) is 87.9 Å². The van der Waals surface area contributed by atoms with E-state index in [1.165, 1.54) is 129 Å². The molecule has 1 aliphatic heterocycles. The number of nitrogens with one attached hydrogen (secondary N) is 2. The molecule has 11 heteroatoms. The van der Waals surface area contributed by atoms with Crippen LogP contribution < -0.4 is 10.6 Å². The molecule has 60 heavy (non-hydrogen) atoms. The normalized spacial score (nSPS) is 19.5. The number of alkyl carbamates (subject to hydrolysis) is 1. The lowest BCUT2D eigenvalue weighted by atomic mass is 9.94. The van der Waals surface area contributed by atoms with Crippen LogP contribution in [0.1, 0.15) is 206 Å². The SMILES string of the molecule is CCCCCCCCCCCCCCCCCCN(C(=O)CCCCCCCCCCCCC)[C@@H]1O[C@H](CO)[C@@H](O)[C@H](O)[C@H]1NC(=O)[C@@H](C)NC(=O)OCc1ccccc1.